The number of hydroxylamine groups is 1. The Balaban J connectivity index is 1.80. The van der Waals surface area contributed by atoms with Gasteiger partial charge in [-0.3, -0.25) is 14.4 Å². The Morgan fingerprint density at radius 3 is 2.70 bits per heavy atom. The average Bonchev–Trinajstić information content (AvgIpc) is 3.29. The molecule has 5 N–H and O–H groups in total. The van der Waals surface area contributed by atoms with Crippen LogP contribution in [-0.2, 0) is 19.7 Å². The van der Waals surface area contributed by atoms with E-state index >= 15 is 0 Å². The minimum Gasteiger partial charge on any atom is -0.409 e. The van der Waals surface area contributed by atoms with Crippen LogP contribution < -0.4 is 15.9 Å². The number of benzene rings is 1. The Kier molecular flexibility index (Phi) is 8.22. The number of hydrogen-bond acceptors (Lipinski definition) is 7. The van der Waals surface area contributed by atoms with Crippen LogP contribution in [0.25, 0.3) is 0 Å². The number of oxime groups is 1. The number of nitrogens with zero attached hydrogens (tertiary/aromatic N) is 2. The number of rotatable bonds is 8. The van der Waals surface area contributed by atoms with Crippen LogP contribution in [0.15, 0.2) is 52.7 Å². The lowest BCUT2D eigenvalue weighted by molar-refractivity contribution is -0.136. The molecule has 2 amide bonds. The summed E-state index contributed by atoms with van der Waals surface area (Å²) >= 11 is 6.28. The van der Waals surface area contributed by atoms with Gasteiger partial charge in [0.15, 0.2) is 5.84 Å². The maximum atomic E-state index is 14.0. The zero-order valence-electron chi connectivity index (χ0n) is 20.2. The summed E-state index contributed by atoms with van der Waals surface area (Å²) in [6, 6.07) is 5.15. The number of amides is 2. The molecule has 1 fully saturated rings. The van der Waals surface area contributed by atoms with Crippen molar-refractivity contribution in [2.45, 2.75) is 49.7 Å². The molecule has 37 heavy (non-hydrogen) atoms. The van der Waals surface area contributed by atoms with Crippen molar-refractivity contribution in [3.8, 4) is 0 Å². The van der Waals surface area contributed by atoms with Gasteiger partial charge in [-0.1, -0.05) is 59.9 Å². The van der Waals surface area contributed by atoms with E-state index in [9.17, 15) is 18.0 Å². The van der Waals surface area contributed by atoms with E-state index in [1.54, 1.807) is 41.3 Å². The maximum absolute atomic E-state index is 14.0. The van der Waals surface area contributed by atoms with E-state index < -0.39 is 45.9 Å². The molecule has 13 heteroatoms. The van der Waals surface area contributed by atoms with Gasteiger partial charge >= 0.3 is 0 Å². The third-order valence-electron chi connectivity index (χ3n) is 6.90. The Morgan fingerprint density at radius 1 is 1.30 bits per heavy atom. The summed E-state index contributed by atoms with van der Waals surface area (Å²) < 4.78 is 27.1. The standard InChI is InChI=1S/C24H30ClN5O6S/c1-37(34,35)29-18-8-4-5-9-19(18)30-22(14-10-11-15(25)12-14)21(23(31)28-36-13-20(26)27-33)16-6-2-3-7-17(16)24(30)32/h2-3,6-7,10-12,14,18-19,21-22,29,33H,4-5,8-9,13H2,1H3,(H2,26,27)(H,28,31)/t14?,18-,19-,21+,22?/m0/s1. The SMILES string of the molecule is CS(=O)(=O)N[C@H]1CCCC[C@@H]1N1C(=O)c2ccccc2[C@@H](C(=O)NOC/C(N)=N/O)C1C1C=CC(Cl)=C1. The highest BCUT2D eigenvalue weighted by molar-refractivity contribution is 7.88. The summed E-state index contributed by atoms with van der Waals surface area (Å²) in [6.45, 7) is -0.345. The summed E-state index contributed by atoms with van der Waals surface area (Å²) in [5.74, 6) is -2.34. The van der Waals surface area contributed by atoms with Crippen LogP contribution in [0, 0.1) is 5.92 Å². The fourth-order valence-corrected chi connectivity index (χ4v) is 6.54. The summed E-state index contributed by atoms with van der Waals surface area (Å²) in [4.78, 5) is 34.5. The van der Waals surface area contributed by atoms with Crippen LogP contribution in [0.3, 0.4) is 0 Å². The highest BCUT2D eigenvalue weighted by atomic mass is 35.5. The summed E-state index contributed by atoms with van der Waals surface area (Å²) in [7, 11) is -3.55. The number of allylic oxidation sites excluding steroid dienone is 2. The van der Waals surface area contributed by atoms with Gasteiger partial charge in [0.25, 0.3) is 11.8 Å². The Labute approximate surface area is 220 Å². The third-order valence-corrected chi connectivity index (χ3v) is 7.89. The quantitative estimate of drug-likeness (QED) is 0.165. The van der Waals surface area contributed by atoms with Crippen molar-refractivity contribution in [1.29, 1.82) is 0 Å². The smallest absolute Gasteiger partial charge is 0.254 e. The second kappa shape index (κ2) is 11.2. The molecule has 4 rings (SSSR count). The second-order valence-corrected chi connectivity index (χ2v) is 11.7. The van der Waals surface area contributed by atoms with E-state index in [-0.39, 0.29) is 18.3 Å². The number of nitrogens with two attached hydrogens (primary N) is 1. The molecule has 0 bridgehead atoms. The summed E-state index contributed by atoms with van der Waals surface area (Å²) in [5, 5.41) is 12.1. The number of fused-ring (bicyclic) bond motifs is 1. The minimum absolute atomic E-state index is 0.233. The average molecular weight is 552 g/mol. The Morgan fingerprint density at radius 2 is 2.03 bits per heavy atom. The highest BCUT2D eigenvalue weighted by Crippen LogP contribution is 2.43. The number of carbonyl (C=O) groups excluding carboxylic acids is 2. The third kappa shape index (κ3) is 5.98. The fourth-order valence-electron chi connectivity index (χ4n) is 5.50. The van der Waals surface area contributed by atoms with Crippen molar-refractivity contribution in [3.63, 3.8) is 0 Å². The van der Waals surface area contributed by atoms with Crippen LogP contribution in [0.1, 0.15) is 47.5 Å². The lowest BCUT2D eigenvalue weighted by Crippen LogP contribution is -2.63. The number of carbonyl (C=O) groups is 2. The van der Waals surface area contributed by atoms with Crippen LogP contribution in [0.4, 0.5) is 0 Å². The second-order valence-electron chi connectivity index (χ2n) is 9.45. The molecule has 11 nitrogen and oxygen atoms in total. The molecular weight excluding hydrogens is 522 g/mol. The molecule has 200 valence electrons. The number of hydrogen-bond donors (Lipinski definition) is 4. The van der Waals surface area contributed by atoms with E-state index in [1.807, 2.05) is 6.08 Å². The van der Waals surface area contributed by atoms with E-state index in [0.29, 0.717) is 29.0 Å². The largest absolute Gasteiger partial charge is 0.409 e. The molecule has 0 saturated heterocycles. The Hall–Kier alpha value is -2.93. The molecular formula is C24H30ClN5O6S. The monoisotopic (exact) mass is 551 g/mol. The van der Waals surface area contributed by atoms with Gasteiger partial charge in [-0.25, -0.2) is 18.6 Å². The van der Waals surface area contributed by atoms with Gasteiger partial charge in [0.1, 0.15) is 6.61 Å². The van der Waals surface area contributed by atoms with Crippen molar-refractivity contribution < 1.29 is 28.1 Å². The molecule has 1 aromatic carbocycles. The van der Waals surface area contributed by atoms with Gasteiger partial charge in [-0.05, 0) is 30.5 Å². The zero-order chi connectivity index (χ0) is 26.7. The van der Waals surface area contributed by atoms with Gasteiger partial charge in [0, 0.05) is 28.6 Å². The minimum atomic E-state index is -3.55. The normalized spacial score (nSPS) is 28.1. The molecule has 5 atom stereocenters. The van der Waals surface area contributed by atoms with E-state index in [2.05, 4.69) is 15.4 Å². The first-order valence-corrected chi connectivity index (χ1v) is 14.2. The van der Waals surface area contributed by atoms with Gasteiger partial charge < -0.3 is 15.8 Å². The van der Waals surface area contributed by atoms with Crippen molar-refractivity contribution in [1.82, 2.24) is 15.1 Å². The molecule has 1 saturated carbocycles. The van der Waals surface area contributed by atoms with Crippen molar-refractivity contribution in [3.05, 3.63) is 58.7 Å². The van der Waals surface area contributed by atoms with E-state index in [0.717, 1.165) is 19.1 Å². The lowest BCUT2D eigenvalue weighted by Gasteiger charge is -2.50. The fraction of sp³-hybridized carbons (Fsp3) is 0.458. The van der Waals surface area contributed by atoms with Crippen LogP contribution in [0.5, 0.6) is 0 Å². The van der Waals surface area contributed by atoms with Crippen molar-refractivity contribution in [2.24, 2.45) is 16.8 Å². The van der Waals surface area contributed by atoms with Crippen LogP contribution >= 0.6 is 11.6 Å². The topological polar surface area (TPSA) is 163 Å². The first-order chi connectivity index (χ1) is 17.6. The summed E-state index contributed by atoms with van der Waals surface area (Å²) in [5.41, 5.74) is 8.69. The molecule has 3 aliphatic rings. The van der Waals surface area contributed by atoms with Gasteiger partial charge in [0.05, 0.1) is 18.2 Å². The Bertz CT molecular complexity index is 1250. The molecule has 1 aliphatic heterocycles. The predicted molar refractivity (Wildman–Crippen MR) is 137 cm³/mol. The number of nitrogens with one attached hydrogen (secondary N) is 2. The molecule has 2 unspecified atom stereocenters. The molecule has 0 radical (unpaired) electrons. The molecule has 1 aromatic rings. The molecule has 2 aliphatic carbocycles. The lowest BCUT2D eigenvalue weighted by atomic mass is 9.74. The first kappa shape index (κ1) is 27.1. The zero-order valence-corrected chi connectivity index (χ0v) is 21.8. The van der Waals surface area contributed by atoms with Crippen molar-refractivity contribution >= 4 is 39.3 Å². The van der Waals surface area contributed by atoms with E-state index in [4.69, 9.17) is 27.4 Å². The van der Waals surface area contributed by atoms with Gasteiger partial charge in [-0.15, -0.1) is 0 Å². The summed E-state index contributed by atoms with van der Waals surface area (Å²) in [6.07, 6.45) is 9.18. The number of amidine groups is 1. The first-order valence-electron chi connectivity index (χ1n) is 11.9. The van der Waals surface area contributed by atoms with Crippen molar-refractivity contribution in [2.75, 3.05) is 12.9 Å². The molecule has 0 aromatic heterocycles. The predicted octanol–water partition coefficient (Wildman–Crippen LogP) is 1.56. The van der Waals surface area contributed by atoms with Crippen LogP contribution in [0.2, 0.25) is 0 Å². The maximum Gasteiger partial charge on any atom is 0.254 e. The molecule has 1 heterocycles. The number of sulfonamides is 1. The number of halogens is 1. The van der Waals surface area contributed by atoms with E-state index in [1.165, 1.54) is 0 Å². The van der Waals surface area contributed by atoms with Gasteiger partial charge in [0.2, 0.25) is 10.0 Å². The van der Waals surface area contributed by atoms with Crippen LogP contribution in [-0.4, -0.2) is 67.2 Å². The van der Waals surface area contributed by atoms with Gasteiger partial charge in [-0.2, -0.15) is 0 Å². The molecule has 0 spiro atoms. The highest BCUT2D eigenvalue weighted by Gasteiger charge is 2.50.